The largest absolute Gasteiger partial charge is 0.367 e. The molecule has 2 aliphatic rings. The summed E-state index contributed by atoms with van der Waals surface area (Å²) in [5, 5.41) is 3.36. The summed E-state index contributed by atoms with van der Waals surface area (Å²) in [6.45, 7) is 6.02. The lowest BCUT2D eigenvalue weighted by Gasteiger charge is -2.34. The number of amides is 1. The molecule has 1 aliphatic heterocycles. The van der Waals surface area contributed by atoms with Gasteiger partial charge in [-0.1, -0.05) is 30.3 Å². The van der Waals surface area contributed by atoms with Crippen LogP contribution in [-0.4, -0.2) is 57.9 Å². The predicted molar refractivity (Wildman–Crippen MR) is 101 cm³/mol. The zero-order chi connectivity index (χ0) is 17.9. The van der Waals surface area contributed by atoms with E-state index in [4.69, 9.17) is 0 Å². The van der Waals surface area contributed by atoms with Gasteiger partial charge in [-0.3, -0.25) is 9.69 Å². The van der Waals surface area contributed by atoms with Crippen molar-refractivity contribution in [3.8, 4) is 0 Å². The molecule has 4 rings (SSSR count). The maximum Gasteiger partial charge on any atom is 0.272 e. The van der Waals surface area contributed by atoms with Gasteiger partial charge in [-0.25, -0.2) is 9.97 Å². The molecule has 6 nitrogen and oxygen atoms in total. The number of nitrogens with zero attached hydrogens (tertiary/aromatic N) is 4. The molecular formula is C20H25N5O. The van der Waals surface area contributed by atoms with Gasteiger partial charge >= 0.3 is 0 Å². The van der Waals surface area contributed by atoms with Crippen LogP contribution in [-0.2, 0) is 6.54 Å². The molecule has 136 valence electrons. The van der Waals surface area contributed by atoms with Crippen molar-refractivity contribution < 1.29 is 4.79 Å². The van der Waals surface area contributed by atoms with Crippen molar-refractivity contribution in [2.45, 2.75) is 32.4 Å². The van der Waals surface area contributed by atoms with E-state index >= 15 is 0 Å². The molecule has 0 bridgehead atoms. The Bertz CT molecular complexity index is 767. The third-order valence-electron chi connectivity index (χ3n) is 4.89. The highest BCUT2D eigenvalue weighted by atomic mass is 16.2. The van der Waals surface area contributed by atoms with Crippen molar-refractivity contribution in [2.75, 3.05) is 31.5 Å². The Kier molecular flexibility index (Phi) is 4.84. The molecule has 0 atom stereocenters. The van der Waals surface area contributed by atoms with Crippen LogP contribution in [0.2, 0.25) is 0 Å². The van der Waals surface area contributed by atoms with Gasteiger partial charge in [-0.05, 0) is 25.3 Å². The zero-order valence-electron chi connectivity index (χ0n) is 15.2. The Hall–Kier alpha value is -2.47. The van der Waals surface area contributed by atoms with Gasteiger partial charge in [0, 0.05) is 44.8 Å². The van der Waals surface area contributed by atoms with E-state index in [9.17, 15) is 4.79 Å². The first-order valence-electron chi connectivity index (χ1n) is 9.35. The van der Waals surface area contributed by atoms with Crippen LogP contribution in [0.5, 0.6) is 0 Å². The number of hydrogen-bond donors (Lipinski definition) is 1. The number of benzene rings is 1. The van der Waals surface area contributed by atoms with Crippen LogP contribution in [0.15, 0.2) is 36.4 Å². The van der Waals surface area contributed by atoms with Crippen molar-refractivity contribution in [3.05, 3.63) is 53.5 Å². The van der Waals surface area contributed by atoms with Crippen LogP contribution >= 0.6 is 0 Å². The summed E-state index contributed by atoms with van der Waals surface area (Å²) in [5.41, 5.74) is 1.81. The molecule has 1 amide bonds. The number of aryl methyl sites for hydroxylation is 1. The fraction of sp³-hybridized carbons (Fsp3) is 0.450. The smallest absolute Gasteiger partial charge is 0.272 e. The van der Waals surface area contributed by atoms with E-state index in [0.717, 1.165) is 38.5 Å². The van der Waals surface area contributed by atoms with E-state index in [1.54, 1.807) is 6.07 Å². The minimum absolute atomic E-state index is 0.00806. The maximum atomic E-state index is 12.9. The summed E-state index contributed by atoms with van der Waals surface area (Å²) in [4.78, 5) is 25.9. The van der Waals surface area contributed by atoms with Crippen LogP contribution in [0.4, 0.5) is 5.82 Å². The molecule has 1 saturated carbocycles. The quantitative estimate of drug-likeness (QED) is 0.896. The fourth-order valence-corrected chi connectivity index (χ4v) is 3.30. The highest BCUT2D eigenvalue weighted by Gasteiger charge is 2.25. The summed E-state index contributed by atoms with van der Waals surface area (Å²) in [6, 6.07) is 12.8. The van der Waals surface area contributed by atoms with Gasteiger partial charge in [0.15, 0.2) is 0 Å². The second-order valence-corrected chi connectivity index (χ2v) is 7.16. The van der Waals surface area contributed by atoms with Gasteiger partial charge in [0.05, 0.1) is 0 Å². The van der Waals surface area contributed by atoms with E-state index in [1.165, 1.54) is 18.4 Å². The molecule has 1 aromatic heterocycles. The number of aromatic nitrogens is 2. The average molecular weight is 351 g/mol. The Morgan fingerprint density at radius 3 is 2.54 bits per heavy atom. The standard InChI is InChI=1S/C20H25N5O/c1-15-21-18(13-19(22-15)23-17-7-8-17)20(26)25-11-9-24(10-12-25)14-16-5-3-2-4-6-16/h2-6,13,17H,7-12,14H2,1H3,(H,21,22,23). The van der Waals surface area contributed by atoms with Crippen molar-refractivity contribution in [1.29, 1.82) is 0 Å². The lowest BCUT2D eigenvalue weighted by molar-refractivity contribution is 0.0622. The SMILES string of the molecule is Cc1nc(NC2CC2)cc(C(=O)N2CCN(Cc3ccccc3)CC2)n1. The Morgan fingerprint density at radius 1 is 1.12 bits per heavy atom. The van der Waals surface area contributed by atoms with Gasteiger partial charge in [0.25, 0.3) is 5.91 Å². The van der Waals surface area contributed by atoms with Gasteiger partial charge in [0.1, 0.15) is 17.3 Å². The van der Waals surface area contributed by atoms with Crippen molar-refractivity contribution in [3.63, 3.8) is 0 Å². The van der Waals surface area contributed by atoms with Crippen LogP contribution in [0.25, 0.3) is 0 Å². The number of nitrogens with one attached hydrogen (secondary N) is 1. The maximum absolute atomic E-state index is 12.9. The molecule has 2 fully saturated rings. The summed E-state index contributed by atoms with van der Waals surface area (Å²) in [6.07, 6.45) is 2.35. The molecule has 2 heterocycles. The minimum Gasteiger partial charge on any atom is -0.367 e. The molecule has 2 aromatic rings. The summed E-state index contributed by atoms with van der Waals surface area (Å²) >= 11 is 0. The fourth-order valence-electron chi connectivity index (χ4n) is 3.30. The number of carbonyl (C=O) groups excluding carboxylic acids is 1. The molecule has 0 radical (unpaired) electrons. The number of piperazine rings is 1. The summed E-state index contributed by atoms with van der Waals surface area (Å²) in [7, 11) is 0. The predicted octanol–water partition coefficient (Wildman–Crippen LogP) is 2.32. The second-order valence-electron chi connectivity index (χ2n) is 7.16. The summed E-state index contributed by atoms with van der Waals surface area (Å²) in [5.74, 6) is 1.42. The van der Waals surface area contributed by atoms with Crippen LogP contribution in [0.3, 0.4) is 0 Å². The molecule has 1 N–H and O–H groups in total. The zero-order valence-corrected chi connectivity index (χ0v) is 15.2. The average Bonchev–Trinajstić information content (AvgIpc) is 3.46. The molecule has 0 spiro atoms. The Morgan fingerprint density at radius 2 is 1.85 bits per heavy atom. The van der Waals surface area contributed by atoms with Gasteiger partial charge in [0.2, 0.25) is 0 Å². The van der Waals surface area contributed by atoms with Crippen LogP contribution in [0.1, 0.15) is 34.7 Å². The molecule has 1 aliphatic carbocycles. The van der Waals surface area contributed by atoms with E-state index in [-0.39, 0.29) is 5.91 Å². The van der Waals surface area contributed by atoms with Crippen molar-refractivity contribution in [2.24, 2.45) is 0 Å². The molecular weight excluding hydrogens is 326 g/mol. The topological polar surface area (TPSA) is 61.4 Å². The first-order chi connectivity index (χ1) is 12.7. The van der Waals surface area contributed by atoms with Crippen molar-refractivity contribution in [1.82, 2.24) is 19.8 Å². The Balaban J connectivity index is 1.36. The first-order valence-corrected chi connectivity index (χ1v) is 9.35. The lowest BCUT2D eigenvalue weighted by Crippen LogP contribution is -2.48. The molecule has 0 unspecified atom stereocenters. The van der Waals surface area contributed by atoms with E-state index in [0.29, 0.717) is 17.6 Å². The normalized spacial score (nSPS) is 18.0. The third-order valence-corrected chi connectivity index (χ3v) is 4.89. The lowest BCUT2D eigenvalue weighted by atomic mass is 10.2. The van der Waals surface area contributed by atoms with Crippen molar-refractivity contribution >= 4 is 11.7 Å². The molecule has 26 heavy (non-hydrogen) atoms. The first kappa shape index (κ1) is 17.0. The minimum atomic E-state index is 0.00806. The molecule has 1 aromatic carbocycles. The number of rotatable bonds is 5. The number of anilines is 1. The monoisotopic (exact) mass is 351 g/mol. The number of hydrogen-bond acceptors (Lipinski definition) is 5. The van der Waals surface area contributed by atoms with E-state index in [2.05, 4.69) is 44.5 Å². The van der Waals surface area contributed by atoms with Gasteiger partial charge < -0.3 is 10.2 Å². The Labute approximate surface area is 154 Å². The van der Waals surface area contributed by atoms with E-state index in [1.807, 2.05) is 17.9 Å². The summed E-state index contributed by atoms with van der Waals surface area (Å²) < 4.78 is 0. The second kappa shape index (κ2) is 7.41. The molecule has 6 heteroatoms. The highest BCUT2D eigenvalue weighted by molar-refractivity contribution is 5.93. The third kappa shape index (κ3) is 4.19. The van der Waals surface area contributed by atoms with Crippen LogP contribution < -0.4 is 5.32 Å². The van der Waals surface area contributed by atoms with Crippen LogP contribution in [0, 0.1) is 6.92 Å². The van der Waals surface area contributed by atoms with E-state index < -0.39 is 0 Å². The number of carbonyl (C=O) groups is 1. The van der Waals surface area contributed by atoms with Gasteiger partial charge in [-0.15, -0.1) is 0 Å². The highest BCUT2D eigenvalue weighted by Crippen LogP contribution is 2.24. The molecule has 1 saturated heterocycles. The van der Waals surface area contributed by atoms with Gasteiger partial charge in [-0.2, -0.15) is 0 Å².